The number of hydrogen-bond acceptors (Lipinski definition) is 2. The maximum Gasteiger partial charge on any atom is 0.234 e. The van der Waals surface area contributed by atoms with Crippen molar-refractivity contribution in [2.45, 2.75) is 77.3 Å². The minimum atomic E-state index is 0.226. The molecule has 0 heterocycles. The quantitative estimate of drug-likeness (QED) is 0.857. The van der Waals surface area contributed by atoms with Crippen LogP contribution >= 0.6 is 0 Å². The summed E-state index contributed by atoms with van der Waals surface area (Å²) in [5.74, 6) is 1.60. The highest BCUT2D eigenvalue weighted by atomic mass is 16.2. The first-order valence-electron chi connectivity index (χ1n) is 8.57. The van der Waals surface area contributed by atoms with Gasteiger partial charge in [0.05, 0.1) is 6.54 Å². The van der Waals surface area contributed by atoms with Gasteiger partial charge in [0, 0.05) is 12.1 Å². The van der Waals surface area contributed by atoms with Crippen molar-refractivity contribution in [3.8, 4) is 0 Å². The smallest absolute Gasteiger partial charge is 0.234 e. The summed E-state index contributed by atoms with van der Waals surface area (Å²) in [7, 11) is 2.12. The van der Waals surface area contributed by atoms with E-state index in [0.29, 0.717) is 24.5 Å². The van der Waals surface area contributed by atoms with E-state index in [1.165, 1.54) is 44.9 Å². The van der Waals surface area contributed by atoms with Gasteiger partial charge in [0.1, 0.15) is 0 Å². The van der Waals surface area contributed by atoms with Gasteiger partial charge in [-0.15, -0.1) is 0 Å². The summed E-state index contributed by atoms with van der Waals surface area (Å²) in [5, 5.41) is 3.27. The standard InChI is InChI=1S/C17H32N2O/c1-13-8-4-6-10-15(13)18-17(20)12-19(3)16-11-7-5-9-14(16)2/h13-16H,4-12H2,1-3H3,(H,18,20). The molecule has 0 saturated heterocycles. The van der Waals surface area contributed by atoms with Crippen LogP contribution in [0.1, 0.15) is 65.2 Å². The zero-order chi connectivity index (χ0) is 14.5. The van der Waals surface area contributed by atoms with E-state index in [4.69, 9.17) is 0 Å². The maximum absolute atomic E-state index is 12.3. The molecular weight excluding hydrogens is 248 g/mol. The zero-order valence-corrected chi connectivity index (χ0v) is 13.5. The van der Waals surface area contributed by atoms with Gasteiger partial charge in [-0.05, 0) is 44.6 Å². The molecule has 4 unspecified atom stereocenters. The maximum atomic E-state index is 12.3. The molecule has 3 nitrogen and oxygen atoms in total. The Morgan fingerprint density at radius 1 is 1.00 bits per heavy atom. The van der Waals surface area contributed by atoms with E-state index in [0.717, 1.165) is 12.3 Å². The number of carbonyl (C=O) groups excluding carboxylic acids is 1. The van der Waals surface area contributed by atoms with Crippen molar-refractivity contribution in [1.29, 1.82) is 0 Å². The molecule has 0 bridgehead atoms. The van der Waals surface area contributed by atoms with E-state index in [1.807, 2.05) is 0 Å². The van der Waals surface area contributed by atoms with E-state index < -0.39 is 0 Å². The first-order valence-corrected chi connectivity index (χ1v) is 8.57. The number of rotatable bonds is 4. The summed E-state index contributed by atoms with van der Waals surface area (Å²) in [5.41, 5.74) is 0. The molecule has 0 aliphatic heterocycles. The van der Waals surface area contributed by atoms with Crippen molar-refractivity contribution in [2.75, 3.05) is 13.6 Å². The SMILES string of the molecule is CC1CCCCC1NC(=O)CN(C)C1CCCCC1C. The van der Waals surface area contributed by atoms with Crippen LogP contribution in [0.25, 0.3) is 0 Å². The van der Waals surface area contributed by atoms with E-state index in [9.17, 15) is 4.79 Å². The Morgan fingerprint density at radius 3 is 2.25 bits per heavy atom. The number of nitrogens with zero attached hydrogens (tertiary/aromatic N) is 1. The molecule has 2 aliphatic rings. The predicted molar refractivity (Wildman–Crippen MR) is 83.6 cm³/mol. The predicted octanol–water partition coefficient (Wildman–Crippen LogP) is 3.19. The van der Waals surface area contributed by atoms with E-state index in [1.54, 1.807) is 0 Å². The Hall–Kier alpha value is -0.570. The Morgan fingerprint density at radius 2 is 1.60 bits per heavy atom. The van der Waals surface area contributed by atoms with Crippen LogP contribution in [0.4, 0.5) is 0 Å². The molecule has 4 atom stereocenters. The lowest BCUT2D eigenvalue weighted by atomic mass is 9.85. The van der Waals surface area contributed by atoms with Gasteiger partial charge >= 0.3 is 0 Å². The summed E-state index contributed by atoms with van der Waals surface area (Å²) in [4.78, 5) is 14.5. The first kappa shape index (κ1) is 15.8. The lowest BCUT2D eigenvalue weighted by molar-refractivity contribution is -0.124. The molecule has 116 valence electrons. The molecule has 20 heavy (non-hydrogen) atoms. The van der Waals surface area contributed by atoms with Crippen LogP contribution in [0.2, 0.25) is 0 Å². The lowest BCUT2D eigenvalue weighted by Crippen LogP contribution is -2.48. The normalized spacial score (nSPS) is 35.0. The highest BCUT2D eigenvalue weighted by molar-refractivity contribution is 5.78. The van der Waals surface area contributed by atoms with Crippen LogP contribution < -0.4 is 5.32 Å². The molecule has 1 amide bonds. The van der Waals surface area contributed by atoms with Gasteiger partial charge in [-0.1, -0.05) is 39.5 Å². The Bertz CT molecular complexity index is 318. The van der Waals surface area contributed by atoms with Gasteiger partial charge < -0.3 is 5.32 Å². The number of hydrogen-bond donors (Lipinski definition) is 1. The monoisotopic (exact) mass is 280 g/mol. The molecule has 2 rings (SSSR count). The van der Waals surface area contributed by atoms with Crippen LogP contribution in [0.3, 0.4) is 0 Å². The summed E-state index contributed by atoms with van der Waals surface area (Å²) >= 11 is 0. The first-order chi connectivity index (χ1) is 9.58. The van der Waals surface area contributed by atoms with Gasteiger partial charge in [0.2, 0.25) is 5.91 Å². The lowest BCUT2D eigenvalue weighted by Gasteiger charge is -2.36. The second-order valence-electron chi connectivity index (χ2n) is 7.18. The Balaban J connectivity index is 1.78. The van der Waals surface area contributed by atoms with Gasteiger partial charge in [-0.25, -0.2) is 0 Å². The van der Waals surface area contributed by atoms with Crippen LogP contribution in [-0.2, 0) is 4.79 Å². The second-order valence-corrected chi connectivity index (χ2v) is 7.18. The Kier molecular flexibility index (Phi) is 5.88. The highest BCUT2D eigenvalue weighted by Gasteiger charge is 2.27. The molecular formula is C17H32N2O. The zero-order valence-electron chi connectivity index (χ0n) is 13.5. The third-order valence-corrected chi connectivity index (χ3v) is 5.48. The largest absolute Gasteiger partial charge is 0.352 e. The van der Waals surface area contributed by atoms with E-state index in [-0.39, 0.29) is 5.91 Å². The van der Waals surface area contributed by atoms with Crippen LogP contribution in [0.15, 0.2) is 0 Å². The summed E-state index contributed by atoms with van der Waals surface area (Å²) in [6.07, 6.45) is 10.3. The third-order valence-electron chi connectivity index (χ3n) is 5.48. The molecule has 0 aromatic rings. The number of nitrogens with one attached hydrogen (secondary N) is 1. The van der Waals surface area contributed by atoms with Crippen LogP contribution in [-0.4, -0.2) is 36.5 Å². The molecule has 0 aromatic heterocycles. The highest BCUT2D eigenvalue weighted by Crippen LogP contribution is 2.27. The minimum absolute atomic E-state index is 0.226. The van der Waals surface area contributed by atoms with E-state index >= 15 is 0 Å². The molecule has 2 saturated carbocycles. The van der Waals surface area contributed by atoms with Gasteiger partial charge in [0.15, 0.2) is 0 Å². The number of carbonyl (C=O) groups is 1. The van der Waals surface area contributed by atoms with Gasteiger partial charge in [0.25, 0.3) is 0 Å². The van der Waals surface area contributed by atoms with Gasteiger partial charge in [-0.3, -0.25) is 9.69 Å². The van der Waals surface area contributed by atoms with Crippen molar-refractivity contribution in [3.63, 3.8) is 0 Å². The fourth-order valence-electron chi connectivity index (χ4n) is 4.08. The van der Waals surface area contributed by atoms with Crippen molar-refractivity contribution in [1.82, 2.24) is 10.2 Å². The molecule has 0 spiro atoms. The molecule has 0 aromatic carbocycles. The summed E-state index contributed by atoms with van der Waals surface area (Å²) in [6.45, 7) is 5.18. The average Bonchev–Trinajstić information content (AvgIpc) is 2.41. The topological polar surface area (TPSA) is 32.3 Å². The average molecular weight is 280 g/mol. The molecule has 2 fully saturated rings. The van der Waals surface area contributed by atoms with E-state index in [2.05, 4.69) is 31.1 Å². The molecule has 1 N–H and O–H groups in total. The van der Waals surface area contributed by atoms with Gasteiger partial charge in [-0.2, -0.15) is 0 Å². The third kappa shape index (κ3) is 4.21. The summed E-state index contributed by atoms with van der Waals surface area (Å²) in [6, 6.07) is 1.01. The number of amides is 1. The van der Waals surface area contributed by atoms with Crippen molar-refractivity contribution in [3.05, 3.63) is 0 Å². The van der Waals surface area contributed by atoms with Crippen molar-refractivity contribution in [2.24, 2.45) is 11.8 Å². The summed E-state index contributed by atoms with van der Waals surface area (Å²) < 4.78 is 0. The van der Waals surface area contributed by atoms with Crippen LogP contribution in [0, 0.1) is 11.8 Å². The molecule has 0 radical (unpaired) electrons. The van der Waals surface area contributed by atoms with Crippen molar-refractivity contribution >= 4 is 5.91 Å². The van der Waals surface area contributed by atoms with Crippen LogP contribution in [0.5, 0.6) is 0 Å². The number of likely N-dealkylation sites (N-methyl/N-ethyl adjacent to an activating group) is 1. The fraction of sp³-hybridized carbons (Fsp3) is 0.941. The fourth-order valence-corrected chi connectivity index (χ4v) is 4.08. The second kappa shape index (κ2) is 7.44. The Labute approximate surface area is 124 Å². The van der Waals surface area contributed by atoms with Crippen molar-refractivity contribution < 1.29 is 4.79 Å². The molecule has 3 heteroatoms. The minimum Gasteiger partial charge on any atom is -0.352 e. The molecule has 2 aliphatic carbocycles.